The Morgan fingerprint density at radius 2 is 1.83 bits per heavy atom. The molecule has 0 aliphatic heterocycles. The van der Waals surface area contributed by atoms with E-state index in [4.69, 9.17) is 5.73 Å². The Labute approximate surface area is 74.3 Å². The van der Waals surface area contributed by atoms with Gasteiger partial charge >= 0.3 is 0 Å². The molecule has 0 bridgehead atoms. The van der Waals surface area contributed by atoms with Gasteiger partial charge in [-0.3, -0.25) is 4.79 Å². The van der Waals surface area contributed by atoms with Gasteiger partial charge in [-0.15, -0.1) is 0 Å². The number of likely N-dealkylation sites (N-methyl/N-ethyl adjacent to an activating group) is 1. The maximum absolute atomic E-state index is 11.1. The lowest BCUT2D eigenvalue weighted by Gasteiger charge is -2.16. The number of carbonyl (C=O) groups is 1. The van der Waals surface area contributed by atoms with Crippen molar-refractivity contribution in [3.63, 3.8) is 0 Å². The Morgan fingerprint density at radius 1 is 1.25 bits per heavy atom. The second-order valence-electron chi connectivity index (χ2n) is 3.13. The average Bonchev–Trinajstić information content (AvgIpc) is 2.00. The van der Waals surface area contributed by atoms with E-state index in [1.807, 2.05) is 7.05 Å². The summed E-state index contributed by atoms with van der Waals surface area (Å²) in [5.41, 5.74) is 5.36. The van der Waals surface area contributed by atoms with Crippen molar-refractivity contribution in [1.29, 1.82) is 0 Å². The fourth-order valence-corrected chi connectivity index (χ4v) is 0.842. The molecule has 72 valence electrons. The molecule has 0 radical (unpaired) electrons. The van der Waals surface area contributed by atoms with E-state index >= 15 is 0 Å². The van der Waals surface area contributed by atoms with E-state index in [0.29, 0.717) is 13.0 Å². The Balaban J connectivity index is 3.47. The quantitative estimate of drug-likeness (QED) is 0.601. The summed E-state index contributed by atoms with van der Waals surface area (Å²) >= 11 is 0. The third-order valence-corrected chi connectivity index (χ3v) is 1.72. The number of carbonyl (C=O) groups excluding carboxylic acids is 1. The average molecular weight is 173 g/mol. The van der Waals surface area contributed by atoms with Crippen molar-refractivity contribution >= 4 is 5.91 Å². The standard InChI is InChI=1S/C8H19N3O/c1-10(2)8(12)4-6-11(3)7-5-9/h4-7,9H2,1-3H3. The van der Waals surface area contributed by atoms with Crippen LogP contribution in [0.1, 0.15) is 6.42 Å². The van der Waals surface area contributed by atoms with E-state index in [9.17, 15) is 4.79 Å². The molecule has 12 heavy (non-hydrogen) atoms. The molecule has 0 aliphatic carbocycles. The highest BCUT2D eigenvalue weighted by Crippen LogP contribution is 1.90. The van der Waals surface area contributed by atoms with Crippen LogP contribution in [0.15, 0.2) is 0 Å². The first-order valence-corrected chi connectivity index (χ1v) is 4.16. The molecular formula is C8H19N3O. The lowest BCUT2D eigenvalue weighted by molar-refractivity contribution is -0.128. The molecule has 4 heteroatoms. The van der Waals surface area contributed by atoms with Crippen molar-refractivity contribution in [3.8, 4) is 0 Å². The zero-order valence-corrected chi connectivity index (χ0v) is 8.21. The molecular weight excluding hydrogens is 154 g/mol. The molecule has 0 aromatic rings. The van der Waals surface area contributed by atoms with E-state index in [1.165, 1.54) is 0 Å². The van der Waals surface area contributed by atoms with Crippen molar-refractivity contribution in [2.75, 3.05) is 40.8 Å². The molecule has 0 aromatic carbocycles. The van der Waals surface area contributed by atoms with Gasteiger partial charge < -0.3 is 15.5 Å². The molecule has 0 rings (SSSR count). The van der Waals surface area contributed by atoms with Crippen LogP contribution in [0.25, 0.3) is 0 Å². The van der Waals surface area contributed by atoms with Gasteiger partial charge in [0.05, 0.1) is 0 Å². The Kier molecular flexibility index (Phi) is 5.66. The van der Waals surface area contributed by atoms with Gasteiger partial charge in [0.2, 0.25) is 5.91 Å². The smallest absolute Gasteiger partial charge is 0.223 e. The van der Waals surface area contributed by atoms with Crippen LogP contribution in [0.2, 0.25) is 0 Å². The third kappa shape index (κ3) is 5.09. The third-order valence-electron chi connectivity index (χ3n) is 1.72. The lowest BCUT2D eigenvalue weighted by Crippen LogP contribution is -2.30. The predicted octanol–water partition coefficient (Wildman–Crippen LogP) is -0.645. The monoisotopic (exact) mass is 173 g/mol. The first-order chi connectivity index (χ1) is 5.57. The summed E-state index contributed by atoms with van der Waals surface area (Å²) in [6.45, 7) is 2.28. The minimum absolute atomic E-state index is 0.166. The highest BCUT2D eigenvalue weighted by molar-refractivity contribution is 5.75. The summed E-state index contributed by atoms with van der Waals surface area (Å²) in [4.78, 5) is 14.8. The van der Waals surface area contributed by atoms with Crippen LogP contribution in [0.4, 0.5) is 0 Å². The molecule has 0 heterocycles. The summed E-state index contributed by atoms with van der Waals surface area (Å²) < 4.78 is 0. The Hall–Kier alpha value is -0.610. The zero-order chi connectivity index (χ0) is 9.56. The van der Waals surface area contributed by atoms with Gasteiger partial charge in [0.15, 0.2) is 0 Å². The van der Waals surface area contributed by atoms with Gasteiger partial charge in [-0.25, -0.2) is 0 Å². The number of nitrogens with zero attached hydrogens (tertiary/aromatic N) is 2. The van der Waals surface area contributed by atoms with Crippen molar-refractivity contribution in [2.24, 2.45) is 5.73 Å². The van der Waals surface area contributed by atoms with Crippen LogP contribution in [0.3, 0.4) is 0 Å². The summed E-state index contributed by atoms with van der Waals surface area (Å²) in [6.07, 6.45) is 0.573. The molecule has 0 saturated carbocycles. The molecule has 0 atom stereocenters. The van der Waals surface area contributed by atoms with Crippen LogP contribution in [0, 0.1) is 0 Å². The number of nitrogens with two attached hydrogens (primary N) is 1. The lowest BCUT2D eigenvalue weighted by atomic mass is 10.3. The van der Waals surface area contributed by atoms with Gasteiger partial charge in [0.1, 0.15) is 0 Å². The number of hydrogen-bond donors (Lipinski definition) is 1. The van der Waals surface area contributed by atoms with Crippen LogP contribution >= 0.6 is 0 Å². The van der Waals surface area contributed by atoms with E-state index in [1.54, 1.807) is 19.0 Å². The van der Waals surface area contributed by atoms with E-state index in [-0.39, 0.29) is 5.91 Å². The molecule has 0 fully saturated rings. The fourth-order valence-electron chi connectivity index (χ4n) is 0.842. The summed E-state index contributed by atoms with van der Waals surface area (Å²) in [6, 6.07) is 0. The van der Waals surface area contributed by atoms with Crippen LogP contribution in [-0.2, 0) is 4.79 Å². The summed E-state index contributed by atoms with van der Waals surface area (Å²) in [7, 11) is 5.51. The molecule has 0 unspecified atom stereocenters. The first-order valence-electron chi connectivity index (χ1n) is 4.16. The Bertz CT molecular complexity index is 136. The number of hydrogen-bond acceptors (Lipinski definition) is 3. The van der Waals surface area contributed by atoms with E-state index in [2.05, 4.69) is 4.90 Å². The van der Waals surface area contributed by atoms with Crippen LogP contribution < -0.4 is 5.73 Å². The molecule has 0 saturated heterocycles. The van der Waals surface area contributed by atoms with Gasteiger partial charge in [0, 0.05) is 40.2 Å². The van der Waals surface area contributed by atoms with Crippen molar-refractivity contribution < 1.29 is 4.79 Å². The first kappa shape index (κ1) is 11.4. The second kappa shape index (κ2) is 5.97. The molecule has 1 amide bonds. The van der Waals surface area contributed by atoms with Gasteiger partial charge in [-0.1, -0.05) is 0 Å². The van der Waals surface area contributed by atoms with Crippen molar-refractivity contribution in [3.05, 3.63) is 0 Å². The molecule has 0 aliphatic rings. The summed E-state index contributed by atoms with van der Waals surface area (Å²) in [5, 5.41) is 0. The normalized spacial score (nSPS) is 10.4. The SMILES string of the molecule is CN(CCN)CCC(=O)N(C)C. The second-order valence-corrected chi connectivity index (χ2v) is 3.13. The number of rotatable bonds is 5. The maximum atomic E-state index is 11.1. The Morgan fingerprint density at radius 3 is 2.25 bits per heavy atom. The van der Waals surface area contributed by atoms with Gasteiger partial charge in [-0.2, -0.15) is 0 Å². The molecule has 0 aromatic heterocycles. The van der Waals surface area contributed by atoms with Crippen molar-refractivity contribution in [1.82, 2.24) is 9.80 Å². The molecule has 4 nitrogen and oxygen atoms in total. The number of amides is 1. The maximum Gasteiger partial charge on any atom is 0.223 e. The van der Waals surface area contributed by atoms with Crippen LogP contribution in [0.5, 0.6) is 0 Å². The zero-order valence-electron chi connectivity index (χ0n) is 8.21. The fraction of sp³-hybridized carbons (Fsp3) is 0.875. The minimum Gasteiger partial charge on any atom is -0.349 e. The minimum atomic E-state index is 0.166. The predicted molar refractivity (Wildman–Crippen MR) is 49.9 cm³/mol. The van der Waals surface area contributed by atoms with Gasteiger partial charge in [-0.05, 0) is 7.05 Å². The van der Waals surface area contributed by atoms with Crippen molar-refractivity contribution in [2.45, 2.75) is 6.42 Å². The van der Waals surface area contributed by atoms with Crippen LogP contribution in [-0.4, -0.2) is 56.5 Å². The highest BCUT2D eigenvalue weighted by atomic mass is 16.2. The molecule has 2 N–H and O–H groups in total. The summed E-state index contributed by atoms with van der Waals surface area (Å²) in [5.74, 6) is 0.166. The van der Waals surface area contributed by atoms with E-state index < -0.39 is 0 Å². The molecule has 0 spiro atoms. The topological polar surface area (TPSA) is 49.6 Å². The van der Waals surface area contributed by atoms with E-state index in [0.717, 1.165) is 13.1 Å². The van der Waals surface area contributed by atoms with Gasteiger partial charge in [0.25, 0.3) is 0 Å². The highest BCUT2D eigenvalue weighted by Gasteiger charge is 2.04. The largest absolute Gasteiger partial charge is 0.349 e.